The van der Waals surface area contributed by atoms with Gasteiger partial charge in [-0.05, 0) is 23.8 Å². The highest BCUT2D eigenvalue weighted by Crippen LogP contribution is 2.33. The first kappa shape index (κ1) is 19.0. The summed E-state index contributed by atoms with van der Waals surface area (Å²) in [6, 6.07) is 11.4. The smallest absolute Gasteiger partial charge is 0.227 e. The van der Waals surface area contributed by atoms with Gasteiger partial charge < -0.3 is 9.80 Å². The van der Waals surface area contributed by atoms with Crippen molar-refractivity contribution in [2.75, 3.05) is 31.1 Å². The summed E-state index contributed by atoms with van der Waals surface area (Å²) in [7, 11) is 0. The molecule has 6 nitrogen and oxygen atoms in total. The summed E-state index contributed by atoms with van der Waals surface area (Å²) in [5.74, 6) is 2.06. The summed E-state index contributed by atoms with van der Waals surface area (Å²) < 4.78 is 0. The minimum absolute atomic E-state index is 0.191. The molecule has 3 aromatic rings. The molecule has 2 aromatic heterocycles. The molecule has 0 radical (unpaired) electrons. The van der Waals surface area contributed by atoms with Gasteiger partial charge in [-0.3, -0.25) is 14.8 Å². The standard InChI is InChI=1S/C23H22ClN5O/c24-20-5-3-17(4-6-20)21-10-27-22(11-26-21)28-12-18-14-29(15-19(18)13-28)23(30)8-16-2-1-7-25-9-16/h1-7,9-11,18-19H,8,12-15H2. The molecule has 2 aliphatic heterocycles. The van der Waals surface area contributed by atoms with Crippen LogP contribution in [0.2, 0.25) is 5.02 Å². The van der Waals surface area contributed by atoms with E-state index in [0.717, 1.165) is 48.8 Å². The van der Waals surface area contributed by atoms with E-state index in [1.165, 1.54) is 0 Å². The minimum Gasteiger partial charge on any atom is -0.355 e. The van der Waals surface area contributed by atoms with Gasteiger partial charge in [0, 0.05) is 61.0 Å². The lowest BCUT2D eigenvalue weighted by Crippen LogP contribution is -2.34. The molecule has 152 valence electrons. The lowest BCUT2D eigenvalue weighted by molar-refractivity contribution is -0.129. The summed E-state index contributed by atoms with van der Waals surface area (Å²) in [5, 5.41) is 0.708. The first-order valence-corrected chi connectivity index (χ1v) is 10.5. The Bertz CT molecular complexity index is 1010. The van der Waals surface area contributed by atoms with E-state index in [-0.39, 0.29) is 5.91 Å². The highest BCUT2D eigenvalue weighted by atomic mass is 35.5. The Morgan fingerprint density at radius 2 is 1.73 bits per heavy atom. The van der Waals surface area contributed by atoms with Crippen LogP contribution in [0.25, 0.3) is 11.3 Å². The van der Waals surface area contributed by atoms with E-state index in [1.807, 2.05) is 53.7 Å². The van der Waals surface area contributed by atoms with Gasteiger partial charge in [-0.15, -0.1) is 0 Å². The van der Waals surface area contributed by atoms with Crippen molar-refractivity contribution in [2.45, 2.75) is 6.42 Å². The number of halogens is 1. The van der Waals surface area contributed by atoms with Crippen LogP contribution >= 0.6 is 11.6 Å². The van der Waals surface area contributed by atoms with Gasteiger partial charge >= 0.3 is 0 Å². The Morgan fingerprint density at radius 3 is 2.37 bits per heavy atom. The normalized spacial score (nSPS) is 20.4. The molecular weight excluding hydrogens is 398 g/mol. The number of aromatic nitrogens is 3. The number of carbonyl (C=O) groups is 1. The maximum atomic E-state index is 12.6. The van der Waals surface area contributed by atoms with Crippen LogP contribution in [-0.2, 0) is 11.2 Å². The molecule has 0 bridgehead atoms. The zero-order valence-electron chi connectivity index (χ0n) is 16.5. The zero-order valence-corrected chi connectivity index (χ0v) is 17.2. The molecule has 0 N–H and O–H groups in total. The minimum atomic E-state index is 0.191. The Morgan fingerprint density at radius 1 is 0.967 bits per heavy atom. The predicted octanol–water partition coefficient (Wildman–Crippen LogP) is 3.33. The molecule has 2 saturated heterocycles. The first-order chi connectivity index (χ1) is 14.7. The van der Waals surface area contributed by atoms with Gasteiger partial charge in [0.05, 0.1) is 24.5 Å². The molecule has 1 amide bonds. The number of anilines is 1. The van der Waals surface area contributed by atoms with Crippen LogP contribution in [0, 0.1) is 11.8 Å². The third-order valence-corrected chi connectivity index (χ3v) is 6.27. The third-order valence-electron chi connectivity index (χ3n) is 6.02. The summed E-state index contributed by atoms with van der Waals surface area (Å²) in [4.78, 5) is 30.3. The van der Waals surface area contributed by atoms with Gasteiger partial charge in [-0.25, -0.2) is 4.98 Å². The monoisotopic (exact) mass is 419 g/mol. The van der Waals surface area contributed by atoms with Crippen molar-refractivity contribution in [2.24, 2.45) is 11.8 Å². The van der Waals surface area contributed by atoms with E-state index in [4.69, 9.17) is 11.6 Å². The van der Waals surface area contributed by atoms with Crippen molar-refractivity contribution in [3.05, 3.63) is 71.8 Å². The average Bonchev–Trinajstić information content (AvgIpc) is 3.35. The van der Waals surface area contributed by atoms with Crippen molar-refractivity contribution >= 4 is 23.3 Å². The van der Waals surface area contributed by atoms with E-state index < -0.39 is 0 Å². The number of carbonyl (C=O) groups excluding carboxylic acids is 1. The van der Waals surface area contributed by atoms with E-state index in [9.17, 15) is 4.79 Å². The fraction of sp³-hybridized carbons (Fsp3) is 0.304. The molecule has 30 heavy (non-hydrogen) atoms. The van der Waals surface area contributed by atoms with Crippen molar-refractivity contribution in [1.82, 2.24) is 19.9 Å². The molecule has 2 unspecified atom stereocenters. The Kier molecular flexibility index (Phi) is 5.09. The fourth-order valence-corrected chi connectivity index (χ4v) is 4.55. The second-order valence-corrected chi connectivity index (χ2v) is 8.47. The van der Waals surface area contributed by atoms with Crippen LogP contribution in [0.4, 0.5) is 5.82 Å². The number of pyridine rings is 1. The molecule has 1 aromatic carbocycles. The fourth-order valence-electron chi connectivity index (χ4n) is 4.43. The lowest BCUT2D eigenvalue weighted by atomic mass is 10.0. The van der Waals surface area contributed by atoms with E-state index in [2.05, 4.69) is 19.9 Å². The van der Waals surface area contributed by atoms with Gasteiger partial charge in [0.15, 0.2) is 0 Å². The summed E-state index contributed by atoms with van der Waals surface area (Å²) in [6.45, 7) is 3.46. The molecule has 5 rings (SSSR count). The van der Waals surface area contributed by atoms with Crippen molar-refractivity contribution in [3.8, 4) is 11.3 Å². The molecular formula is C23H22ClN5O. The number of nitrogens with zero attached hydrogens (tertiary/aromatic N) is 5. The summed E-state index contributed by atoms with van der Waals surface area (Å²) in [5.41, 5.74) is 2.80. The second kappa shape index (κ2) is 8.03. The number of hydrogen-bond acceptors (Lipinski definition) is 5. The van der Waals surface area contributed by atoms with Crippen LogP contribution in [0.5, 0.6) is 0 Å². The predicted molar refractivity (Wildman–Crippen MR) is 116 cm³/mol. The van der Waals surface area contributed by atoms with Gasteiger partial charge in [0.2, 0.25) is 5.91 Å². The van der Waals surface area contributed by atoms with E-state index >= 15 is 0 Å². The van der Waals surface area contributed by atoms with E-state index in [1.54, 1.807) is 12.4 Å². The van der Waals surface area contributed by atoms with Crippen LogP contribution in [0.3, 0.4) is 0 Å². The maximum Gasteiger partial charge on any atom is 0.227 e. The number of amides is 1. The number of rotatable bonds is 4. The van der Waals surface area contributed by atoms with Crippen LogP contribution in [0.15, 0.2) is 61.2 Å². The maximum absolute atomic E-state index is 12.6. The molecule has 2 fully saturated rings. The highest BCUT2D eigenvalue weighted by Gasteiger charge is 2.41. The van der Waals surface area contributed by atoms with E-state index in [0.29, 0.717) is 23.3 Å². The molecule has 2 aliphatic rings. The quantitative estimate of drug-likeness (QED) is 0.649. The number of hydrogen-bond donors (Lipinski definition) is 0. The largest absolute Gasteiger partial charge is 0.355 e. The first-order valence-electron chi connectivity index (χ1n) is 10.2. The zero-order chi connectivity index (χ0) is 20.5. The molecule has 0 saturated carbocycles. The van der Waals surface area contributed by atoms with Crippen molar-refractivity contribution < 1.29 is 4.79 Å². The number of fused-ring (bicyclic) bond motifs is 1. The van der Waals surface area contributed by atoms with Crippen molar-refractivity contribution in [3.63, 3.8) is 0 Å². The lowest BCUT2D eigenvalue weighted by Gasteiger charge is -2.22. The number of likely N-dealkylation sites (tertiary alicyclic amines) is 1. The Balaban J connectivity index is 1.19. The molecule has 4 heterocycles. The molecule has 0 aliphatic carbocycles. The van der Waals surface area contributed by atoms with Gasteiger partial charge in [0.25, 0.3) is 0 Å². The molecule has 0 spiro atoms. The number of benzene rings is 1. The van der Waals surface area contributed by atoms with Gasteiger partial charge in [0.1, 0.15) is 5.82 Å². The van der Waals surface area contributed by atoms with Crippen LogP contribution in [-0.4, -0.2) is 51.9 Å². The Labute approximate surface area is 180 Å². The van der Waals surface area contributed by atoms with Gasteiger partial charge in [-0.2, -0.15) is 0 Å². The van der Waals surface area contributed by atoms with Gasteiger partial charge in [-0.1, -0.05) is 29.8 Å². The summed E-state index contributed by atoms with van der Waals surface area (Å²) in [6.07, 6.45) is 7.58. The SMILES string of the molecule is O=C(Cc1cccnc1)N1CC2CN(c3cnc(-c4ccc(Cl)cc4)cn3)CC2C1. The molecule has 2 atom stereocenters. The second-order valence-electron chi connectivity index (χ2n) is 8.03. The van der Waals surface area contributed by atoms with Crippen LogP contribution < -0.4 is 4.90 Å². The Hall–Kier alpha value is -2.99. The van der Waals surface area contributed by atoms with Crippen LogP contribution in [0.1, 0.15) is 5.56 Å². The molecule has 7 heteroatoms. The topological polar surface area (TPSA) is 62.2 Å². The van der Waals surface area contributed by atoms with Crippen molar-refractivity contribution in [1.29, 1.82) is 0 Å². The summed E-state index contributed by atoms with van der Waals surface area (Å²) >= 11 is 5.96. The average molecular weight is 420 g/mol. The third kappa shape index (κ3) is 3.87. The highest BCUT2D eigenvalue weighted by molar-refractivity contribution is 6.30.